The van der Waals surface area contributed by atoms with Crippen LogP contribution in [-0.2, 0) is 24.8 Å². The number of hydrogen-bond donors (Lipinski definition) is 1. The molecule has 3 heterocycles. The molecule has 0 fully saturated rings. The molecule has 0 radical (unpaired) electrons. The molecular weight excluding hydrogens is 254 g/mol. The Kier molecular flexibility index (Phi) is 3.75. The topological polar surface area (TPSA) is 64.9 Å². The van der Waals surface area contributed by atoms with Crippen LogP contribution in [0.3, 0.4) is 0 Å². The van der Waals surface area contributed by atoms with Gasteiger partial charge in [0, 0.05) is 25.7 Å². The first kappa shape index (κ1) is 13.2. The van der Waals surface area contributed by atoms with Crippen molar-refractivity contribution in [2.45, 2.75) is 26.0 Å². The van der Waals surface area contributed by atoms with Gasteiger partial charge in [-0.1, -0.05) is 11.3 Å². The van der Waals surface area contributed by atoms with Gasteiger partial charge in [-0.15, -0.1) is 5.10 Å². The average Bonchev–Trinajstić information content (AvgIpc) is 2.82. The van der Waals surface area contributed by atoms with Crippen molar-refractivity contribution >= 4 is 0 Å². The van der Waals surface area contributed by atoms with E-state index in [4.69, 9.17) is 4.74 Å². The summed E-state index contributed by atoms with van der Waals surface area (Å²) in [5, 5.41) is 11.7. The summed E-state index contributed by atoms with van der Waals surface area (Å²) >= 11 is 0. The number of aryl methyl sites for hydroxylation is 2. The molecule has 0 aromatic carbocycles. The predicted molar refractivity (Wildman–Crippen MR) is 74.1 cm³/mol. The van der Waals surface area contributed by atoms with Gasteiger partial charge >= 0.3 is 0 Å². The Hall–Kier alpha value is -1.79. The number of pyridine rings is 1. The van der Waals surface area contributed by atoms with Crippen LogP contribution in [0.15, 0.2) is 18.2 Å². The fourth-order valence-corrected chi connectivity index (χ4v) is 2.51. The van der Waals surface area contributed by atoms with Gasteiger partial charge in [0.1, 0.15) is 5.69 Å². The van der Waals surface area contributed by atoms with E-state index in [1.807, 2.05) is 36.9 Å². The van der Waals surface area contributed by atoms with E-state index in [2.05, 4.69) is 20.6 Å². The number of hydrogen-bond acceptors (Lipinski definition) is 5. The van der Waals surface area contributed by atoms with E-state index in [0.29, 0.717) is 13.2 Å². The van der Waals surface area contributed by atoms with Crippen LogP contribution in [0.4, 0.5) is 0 Å². The number of aromatic nitrogens is 4. The summed E-state index contributed by atoms with van der Waals surface area (Å²) in [4.78, 5) is 4.43. The highest BCUT2D eigenvalue weighted by Gasteiger charge is 2.24. The molecule has 1 unspecified atom stereocenters. The maximum atomic E-state index is 5.78. The first-order valence-electron chi connectivity index (χ1n) is 6.86. The largest absolute Gasteiger partial charge is 0.373 e. The van der Waals surface area contributed by atoms with Gasteiger partial charge in [0.15, 0.2) is 0 Å². The average molecular weight is 273 g/mol. The molecule has 6 heteroatoms. The molecule has 0 spiro atoms. The SMILES string of the molecule is Cc1cccc(COCC2NCCc3c2nnn3C)n1. The van der Waals surface area contributed by atoms with Crippen LogP contribution in [0, 0.1) is 6.92 Å². The van der Waals surface area contributed by atoms with Gasteiger partial charge in [-0.2, -0.15) is 0 Å². The van der Waals surface area contributed by atoms with Crippen molar-refractivity contribution in [3.05, 3.63) is 41.0 Å². The van der Waals surface area contributed by atoms with E-state index in [1.165, 1.54) is 5.69 Å². The number of nitrogens with one attached hydrogen (secondary N) is 1. The molecule has 6 nitrogen and oxygen atoms in total. The summed E-state index contributed by atoms with van der Waals surface area (Å²) in [6.07, 6.45) is 0.967. The summed E-state index contributed by atoms with van der Waals surface area (Å²) in [6.45, 7) is 4.03. The quantitative estimate of drug-likeness (QED) is 0.897. The summed E-state index contributed by atoms with van der Waals surface area (Å²) in [5.41, 5.74) is 4.18. The van der Waals surface area contributed by atoms with Crippen molar-refractivity contribution in [2.24, 2.45) is 7.05 Å². The van der Waals surface area contributed by atoms with Gasteiger partial charge in [-0.25, -0.2) is 0 Å². The van der Waals surface area contributed by atoms with Crippen molar-refractivity contribution in [2.75, 3.05) is 13.2 Å². The lowest BCUT2D eigenvalue weighted by molar-refractivity contribution is 0.0935. The summed E-state index contributed by atoms with van der Waals surface area (Å²) in [6, 6.07) is 6.09. The molecule has 0 bridgehead atoms. The molecule has 3 rings (SSSR count). The van der Waals surface area contributed by atoms with E-state index in [9.17, 15) is 0 Å². The minimum atomic E-state index is 0.122. The Balaban J connectivity index is 1.60. The third kappa shape index (κ3) is 2.71. The lowest BCUT2D eigenvalue weighted by Crippen LogP contribution is -2.33. The molecular formula is C14H19N5O. The van der Waals surface area contributed by atoms with Crippen LogP contribution in [-0.4, -0.2) is 33.1 Å². The summed E-state index contributed by atoms with van der Waals surface area (Å²) < 4.78 is 7.63. The van der Waals surface area contributed by atoms with Crippen molar-refractivity contribution < 1.29 is 4.74 Å². The molecule has 106 valence electrons. The Labute approximate surface area is 118 Å². The normalized spacial score (nSPS) is 18.0. The second kappa shape index (κ2) is 5.68. The molecule has 0 saturated carbocycles. The van der Waals surface area contributed by atoms with Gasteiger partial charge in [-0.3, -0.25) is 9.67 Å². The highest BCUT2D eigenvalue weighted by Crippen LogP contribution is 2.20. The molecule has 2 aromatic heterocycles. The van der Waals surface area contributed by atoms with Crippen LogP contribution >= 0.6 is 0 Å². The van der Waals surface area contributed by atoms with Crippen molar-refractivity contribution in [3.63, 3.8) is 0 Å². The third-order valence-corrected chi connectivity index (χ3v) is 3.54. The van der Waals surface area contributed by atoms with E-state index in [1.54, 1.807) is 0 Å². The molecule has 2 aromatic rings. The smallest absolute Gasteiger partial charge is 0.105 e. The lowest BCUT2D eigenvalue weighted by atomic mass is 10.1. The van der Waals surface area contributed by atoms with Crippen LogP contribution in [0.5, 0.6) is 0 Å². The Morgan fingerprint density at radius 3 is 3.20 bits per heavy atom. The number of rotatable bonds is 4. The zero-order valence-corrected chi connectivity index (χ0v) is 11.8. The molecule has 0 aliphatic carbocycles. The maximum absolute atomic E-state index is 5.78. The van der Waals surface area contributed by atoms with Crippen molar-refractivity contribution in [1.82, 2.24) is 25.3 Å². The summed E-state index contributed by atoms with van der Waals surface area (Å²) in [7, 11) is 1.94. The predicted octanol–water partition coefficient (Wildman–Crippen LogP) is 0.922. The highest BCUT2D eigenvalue weighted by molar-refractivity contribution is 5.18. The zero-order valence-electron chi connectivity index (χ0n) is 11.8. The minimum absolute atomic E-state index is 0.122. The minimum Gasteiger partial charge on any atom is -0.373 e. The molecule has 1 aliphatic rings. The van der Waals surface area contributed by atoms with E-state index < -0.39 is 0 Å². The molecule has 1 aliphatic heterocycles. The van der Waals surface area contributed by atoms with Gasteiger partial charge < -0.3 is 10.1 Å². The van der Waals surface area contributed by atoms with E-state index in [-0.39, 0.29) is 6.04 Å². The van der Waals surface area contributed by atoms with E-state index in [0.717, 1.165) is 30.0 Å². The van der Waals surface area contributed by atoms with Crippen LogP contribution in [0.1, 0.15) is 28.8 Å². The van der Waals surface area contributed by atoms with Crippen molar-refractivity contribution in [3.8, 4) is 0 Å². The van der Waals surface area contributed by atoms with Gasteiger partial charge in [-0.05, 0) is 19.1 Å². The fourth-order valence-electron chi connectivity index (χ4n) is 2.51. The first-order chi connectivity index (χ1) is 9.74. The van der Waals surface area contributed by atoms with Crippen LogP contribution in [0.25, 0.3) is 0 Å². The van der Waals surface area contributed by atoms with Crippen LogP contribution < -0.4 is 5.32 Å². The standard InChI is InChI=1S/C14H19N5O/c1-10-4-3-5-11(16-10)8-20-9-12-14-13(6-7-15-12)19(2)18-17-14/h3-5,12,15H,6-9H2,1-2H3. The lowest BCUT2D eigenvalue weighted by Gasteiger charge is -2.22. The second-order valence-electron chi connectivity index (χ2n) is 5.09. The van der Waals surface area contributed by atoms with Crippen LogP contribution in [0.2, 0.25) is 0 Å². The van der Waals surface area contributed by atoms with Gasteiger partial charge in [0.2, 0.25) is 0 Å². The molecule has 20 heavy (non-hydrogen) atoms. The maximum Gasteiger partial charge on any atom is 0.105 e. The highest BCUT2D eigenvalue weighted by atomic mass is 16.5. The summed E-state index contributed by atoms with van der Waals surface area (Å²) in [5.74, 6) is 0. The molecule has 1 N–H and O–H groups in total. The monoisotopic (exact) mass is 273 g/mol. The Morgan fingerprint density at radius 1 is 1.45 bits per heavy atom. The fraction of sp³-hybridized carbons (Fsp3) is 0.500. The molecule has 1 atom stereocenters. The number of fused-ring (bicyclic) bond motifs is 1. The van der Waals surface area contributed by atoms with Crippen molar-refractivity contribution in [1.29, 1.82) is 0 Å². The molecule has 0 amide bonds. The molecule has 0 saturated heterocycles. The van der Waals surface area contributed by atoms with E-state index >= 15 is 0 Å². The zero-order chi connectivity index (χ0) is 13.9. The Bertz CT molecular complexity index is 595. The van der Waals surface area contributed by atoms with Gasteiger partial charge in [0.25, 0.3) is 0 Å². The number of ether oxygens (including phenoxy) is 1. The van der Waals surface area contributed by atoms with Gasteiger partial charge in [0.05, 0.1) is 30.6 Å². The first-order valence-corrected chi connectivity index (χ1v) is 6.86. The second-order valence-corrected chi connectivity index (χ2v) is 5.09. The number of nitrogens with zero attached hydrogens (tertiary/aromatic N) is 4. The third-order valence-electron chi connectivity index (χ3n) is 3.54. The Morgan fingerprint density at radius 2 is 2.35 bits per heavy atom.